The van der Waals surface area contributed by atoms with Crippen molar-refractivity contribution in [2.45, 2.75) is 0 Å². The molecule has 0 heterocycles. The molecule has 0 atom stereocenters. The minimum atomic E-state index is -0.441. The summed E-state index contributed by atoms with van der Waals surface area (Å²) in [5, 5.41) is 7.19. The van der Waals surface area contributed by atoms with E-state index < -0.39 is 5.82 Å². The monoisotopic (exact) mass is 214 g/mol. The second-order valence-corrected chi connectivity index (χ2v) is 2.87. The van der Waals surface area contributed by atoms with Crippen LogP contribution in [0.5, 0.6) is 0 Å². The predicted octanol–water partition coefficient (Wildman–Crippen LogP) is 1.09. The summed E-state index contributed by atoms with van der Waals surface area (Å²) >= 11 is 5.64. The van der Waals surface area contributed by atoms with Gasteiger partial charge in [0, 0.05) is 10.6 Å². The Balaban J connectivity index is 2.91. The molecule has 0 aromatic heterocycles. The number of halogens is 2. The Morgan fingerprint density at radius 2 is 2.14 bits per heavy atom. The molecule has 1 aromatic rings. The van der Waals surface area contributed by atoms with Crippen LogP contribution in [0.4, 0.5) is 4.39 Å². The SMILES string of the molecule is NC(N)=NN=Cc1cc(Cl)ccc1F. The molecule has 0 fully saturated rings. The van der Waals surface area contributed by atoms with Gasteiger partial charge in [-0.05, 0) is 18.2 Å². The summed E-state index contributed by atoms with van der Waals surface area (Å²) in [6.45, 7) is 0. The van der Waals surface area contributed by atoms with Gasteiger partial charge in [0.15, 0.2) is 0 Å². The van der Waals surface area contributed by atoms with E-state index in [2.05, 4.69) is 10.2 Å². The Bertz CT molecular complexity index is 385. The fraction of sp³-hybridized carbons (Fsp3) is 0. The zero-order valence-corrected chi connectivity index (χ0v) is 7.87. The number of nitrogens with zero attached hydrogens (tertiary/aromatic N) is 2. The molecule has 0 unspecified atom stereocenters. The quantitative estimate of drug-likeness (QED) is 0.439. The van der Waals surface area contributed by atoms with Gasteiger partial charge < -0.3 is 11.5 Å². The second-order valence-electron chi connectivity index (χ2n) is 2.44. The van der Waals surface area contributed by atoms with Gasteiger partial charge in [-0.15, -0.1) is 5.10 Å². The van der Waals surface area contributed by atoms with E-state index in [1.54, 1.807) is 0 Å². The van der Waals surface area contributed by atoms with Gasteiger partial charge in [-0.3, -0.25) is 0 Å². The molecule has 14 heavy (non-hydrogen) atoms. The first-order chi connectivity index (χ1) is 6.59. The van der Waals surface area contributed by atoms with Crippen molar-refractivity contribution in [1.29, 1.82) is 0 Å². The third kappa shape index (κ3) is 3.02. The van der Waals surface area contributed by atoms with Crippen LogP contribution in [0.1, 0.15) is 5.56 Å². The molecular formula is C8H8ClFN4. The van der Waals surface area contributed by atoms with Crippen LogP contribution in [0.25, 0.3) is 0 Å². The number of nitrogens with two attached hydrogens (primary N) is 2. The highest BCUT2D eigenvalue weighted by Gasteiger charge is 1.99. The lowest BCUT2D eigenvalue weighted by Crippen LogP contribution is -2.21. The smallest absolute Gasteiger partial charge is 0.211 e. The van der Waals surface area contributed by atoms with Crippen LogP contribution in [0.3, 0.4) is 0 Å². The summed E-state index contributed by atoms with van der Waals surface area (Å²) < 4.78 is 13.0. The van der Waals surface area contributed by atoms with Crippen molar-refractivity contribution in [2.24, 2.45) is 21.7 Å². The third-order valence-electron chi connectivity index (χ3n) is 1.33. The van der Waals surface area contributed by atoms with Gasteiger partial charge in [0.05, 0.1) is 6.21 Å². The Morgan fingerprint density at radius 3 is 2.79 bits per heavy atom. The van der Waals surface area contributed by atoms with Crippen molar-refractivity contribution in [1.82, 2.24) is 0 Å². The van der Waals surface area contributed by atoms with E-state index in [0.29, 0.717) is 5.02 Å². The minimum Gasteiger partial charge on any atom is -0.369 e. The van der Waals surface area contributed by atoms with E-state index in [-0.39, 0.29) is 11.5 Å². The van der Waals surface area contributed by atoms with E-state index >= 15 is 0 Å². The molecule has 0 saturated carbocycles. The van der Waals surface area contributed by atoms with Gasteiger partial charge in [-0.2, -0.15) is 5.10 Å². The molecule has 1 aromatic carbocycles. The standard InChI is InChI=1S/C8H8ClFN4/c9-6-1-2-7(10)5(3-6)4-13-14-8(11)12/h1-4H,(H4,11,12,14). The molecule has 0 aliphatic carbocycles. The van der Waals surface area contributed by atoms with Gasteiger partial charge in [0.2, 0.25) is 5.96 Å². The van der Waals surface area contributed by atoms with Crippen molar-refractivity contribution in [3.05, 3.63) is 34.6 Å². The van der Waals surface area contributed by atoms with E-state index in [1.165, 1.54) is 24.4 Å². The number of hydrogen-bond donors (Lipinski definition) is 2. The first-order valence-electron chi connectivity index (χ1n) is 3.66. The highest BCUT2D eigenvalue weighted by Crippen LogP contribution is 2.12. The lowest BCUT2D eigenvalue weighted by atomic mass is 10.2. The maximum absolute atomic E-state index is 13.0. The molecule has 0 saturated heterocycles. The van der Waals surface area contributed by atoms with Gasteiger partial charge in [-0.25, -0.2) is 4.39 Å². The Kier molecular flexibility index (Phi) is 3.41. The largest absolute Gasteiger partial charge is 0.369 e. The molecule has 0 radical (unpaired) electrons. The number of benzene rings is 1. The first-order valence-corrected chi connectivity index (χ1v) is 4.04. The summed E-state index contributed by atoms with van der Waals surface area (Å²) in [4.78, 5) is 0. The van der Waals surface area contributed by atoms with Crippen molar-refractivity contribution >= 4 is 23.8 Å². The Morgan fingerprint density at radius 1 is 1.43 bits per heavy atom. The first kappa shape index (κ1) is 10.5. The predicted molar refractivity (Wildman–Crippen MR) is 54.8 cm³/mol. The molecule has 0 amide bonds. The Labute approximate surface area is 85.1 Å². The molecule has 0 bridgehead atoms. The summed E-state index contributed by atoms with van der Waals surface area (Å²) in [5.41, 5.74) is 10.3. The van der Waals surface area contributed by atoms with Crippen LogP contribution < -0.4 is 11.5 Å². The summed E-state index contributed by atoms with van der Waals surface area (Å²) in [6.07, 6.45) is 1.18. The molecule has 74 valence electrons. The van der Waals surface area contributed by atoms with Crippen LogP contribution in [0, 0.1) is 5.82 Å². The van der Waals surface area contributed by atoms with Gasteiger partial charge >= 0.3 is 0 Å². The van der Waals surface area contributed by atoms with Gasteiger partial charge in [0.25, 0.3) is 0 Å². The third-order valence-corrected chi connectivity index (χ3v) is 1.56. The van der Waals surface area contributed by atoms with Crippen LogP contribution in [-0.2, 0) is 0 Å². The fourth-order valence-electron chi connectivity index (χ4n) is 0.771. The van der Waals surface area contributed by atoms with E-state index in [0.717, 1.165) is 0 Å². The van der Waals surface area contributed by atoms with Gasteiger partial charge in [-0.1, -0.05) is 11.6 Å². The molecular weight excluding hydrogens is 207 g/mol. The van der Waals surface area contributed by atoms with Gasteiger partial charge in [0.1, 0.15) is 5.82 Å². The highest BCUT2D eigenvalue weighted by molar-refractivity contribution is 6.30. The number of rotatable bonds is 2. The molecule has 0 spiro atoms. The van der Waals surface area contributed by atoms with Crippen molar-refractivity contribution in [3.8, 4) is 0 Å². The molecule has 4 nitrogen and oxygen atoms in total. The second kappa shape index (κ2) is 4.57. The Hall–Kier alpha value is -1.62. The average Bonchev–Trinajstić information content (AvgIpc) is 2.10. The summed E-state index contributed by atoms with van der Waals surface area (Å²) in [5.74, 6) is -0.632. The summed E-state index contributed by atoms with van der Waals surface area (Å²) in [6, 6.07) is 4.09. The summed E-state index contributed by atoms with van der Waals surface area (Å²) in [7, 11) is 0. The molecule has 6 heteroatoms. The van der Waals surface area contributed by atoms with Crippen molar-refractivity contribution < 1.29 is 4.39 Å². The van der Waals surface area contributed by atoms with Crippen LogP contribution in [-0.4, -0.2) is 12.2 Å². The fourth-order valence-corrected chi connectivity index (χ4v) is 0.952. The normalized spacial score (nSPS) is 10.4. The maximum atomic E-state index is 13.0. The highest BCUT2D eigenvalue weighted by atomic mass is 35.5. The zero-order chi connectivity index (χ0) is 10.6. The number of hydrogen-bond acceptors (Lipinski definition) is 2. The molecule has 1 rings (SSSR count). The van der Waals surface area contributed by atoms with E-state index in [9.17, 15) is 4.39 Å². The average molecular weight is 215 g/mol. The molecule has 4 N–H and O–H groups in total. The molecule has 0 aliphatic rings. The topological polar surface area (TPSA) is 76.8 Å². The number of guanidine groups is 1. The van der Waals surface area contributed by atoms with E-state index in [4.69, 9.17) is 23.1 Å². The van der Waals surface area contributed by atoms with Crippen molar-refractivity contribution in [2.75, 3.05) is 0 Å². The van der Waals surface area contributed by atoms with Crippen LogP contribution in [0.15, 0.2) is 28.4 Å². The maximum Gasteiger partial charge on any atom is 0.211 e. The van der Waals surface area contributed by atoms with Crippen molar-refractivity contribution in [3.63, 3.8) is 0 Å². The van der Waals surface area contributed by atoms with Crippen LogP contribution >= 0.6 is 11.6 Å². The molecule has 0 aliphatic heterocycles. The lowest BCUT2D eigenvalue weighted by Gasteiger charge is -1.95. The minimum absolute atomic E-state index is 0.191. The van der Waals surface area contributed by atoms with Crippen LogP contribution in [0.2, 0.25) is 5.02 Å². The van der Waals surface area contributed by atoms with E-state index in [1.807, 2.05) is 0 Å². The zero-order valence-electron chi connectivity index (χ0n) is 7.11. The lowest BCUT2D eigenvalue weighted by molar-refractivity contribution is 0.626.